The molecule has 4 heteroatoms. The van der Waals surface area contributed by atoms with E-state index in [1.165, 1.54) is 12.8 Å². The standard InChI is InChI=1S/C15H21BrN2O/c1-3-18(10-13-5-4-8-17-13)15(19)12-6-7-14(16)11(2)9-12/h6-7,9,13,17H,3-5,8,10H2,1-2H3. The highest BCUT2D eigenvalue weighted by molar-refractivity contribution is 9.10. The zero-order chi connectivity index (χ0) is 13.8. The summed E-state index contributed by atoms with van der Waals surface area (Å²) in [5.41, 5.74) is 1.88. The number of hydrogen-bond donors (Lipinski definition) is 1. The minimum atomic E-state index is 0.131. The lowest BCUT2D eigenvalue weighted by molar-refractivity contribution is 0.0751. The number of nitrogens with zero attached hydrogens (tertiary/aromatic N) is 1. The maximum Gasteiger partial charge on any atom is 0.253 e. The monoisotopic (exact) mass is 324 g/mol. The smallest absolute Gasteiger partial charge is 0.253 e. The van der Waals surface area contributed by atoms with Crippen LogP contribution < -0.4 is 5.32 Å². The van der Waals surface area contributed by atoms with E-state index in [4.69, 9.17) is 0 Å². The van der Waals surface area contributed by atoms with Gasteiger partial charge in [0, 0.05) is 29.2 Å². The maximum absolute atomic E-state index is 12.5. The highest BCUT2D eigenvalue weighted by atomic mass is 79.9. The molecule has 1 aliphatic heterocycles. The number of carbonyl (C=O) groups is 1. The lowest BCUT2D eigenvalue weighted by Crippen LogP contribution is -2.41. The molecule has 1 atom stereocenters. The first-order valence-corrected chi connectivity index (χ1v) is 7.70. The zero-order valence-corrected chi connectivity index (χ0v) is 13.2. The Hall–Kier alpha value is -0.870. The quantitative estimate of drug-likeness (QED) is 0.923. The molecule has 19 heavy (non-hydrogen) atoms. The van der Waals surface area contributed by atoms with Crippen molar-refractivity contribution in [3.8, 4) is 0 Å². The molecule has 1 amide bonds. The van der Waals surface area contributed by atoms with E-state index in [0.717, 1.165) is 35.2 Å². The summed E-state index contributed by atoms with van der Waals surface area (Å²) in [5, 5.41) is 3.45. The molecule has 0 aliphatic carbocycles. The summed E-state index contributed by atoms with van der Waals surface area (Å²) >= 11 is 3.47. The molecule has 0 bridgehead atoms. The molecule has 0 radical (unpaired) electrons. The van der Waals surface area contributed by atoms with Gasteiger partial charge >= 0.3 is 0 Å². The van der Waals surface area contributed by atoms with Crippen molar-refractivity contribution < 1.29 is 4.79 Å². The van der Waals surface area contributed by atoms with Crippen LogP contribution in [-0.4, -0.2) is 36.5 Å². The van der Waals surface area contributed by atoms with Gasteiger partial charge in [-0.15, -0.1) is 0 Å². The molecule has 1 fully saturated rings. The van der Waals surface area contributed by atoms with E-state index in [1.807, 2.05) is 36.9 Å². The number of likely N-dealkylation sites (N-methyl/N-ethyl adjacent to an activating group) is 1. The molecule has 0 saturated carbocycles. The molecule has 104 valence electrons. The van der Waals surface area contributed by atoms with Crippen LogP contribution in [-0.2, 0) is 0 Å². The number of carbonyl (C=O) groups excluding carboxylic acids is 1. The van der Waals surface area contributed by atoms with Crippen molar-refractivity contribution in [3.63, 3.8) is 0 Å². The van der Waals surface area contributed by atoms with Crippen LogP contribution in [0.3, 0.4) is 0 Å². The zero-order valence-electron chi connectivity index (χ0n) is 11.6. The molecule has 1 aliphatic rings. The van der Waals surface area contributed by atoms with Gasteiger partial charge in [0.05, 0.1) is 0 Å². The fraction of sp³-hybridized carbons (Fsp3) is 0.533. The van der Waals surface area contributed by atoms with Crippen LogP contribution in [0.5, 0.6) is 0 Å². The third kappa shape index (κ3) is 3.57. The third-order valence-corrected chi connectivity index (χ3v) is 4.57. The van der Waals surface area contributed by atoms with Gasteiger partial charge in [-0.2, -0.15) is 0 Å². The van der Waals surface area contributed by atoms with Crippen LogP contribution in [0.2, 0.25) is 0 Å². The summed E-state index contributed by atoms with van der Waals surface area (Å²) < 4.78 is 1.05. The van der Waals surface area contributed by atoms with Gasteiger partial charge in [0.15, 0.2) is 0 Å². The first-order valence-electron chi connectivity index (χ1n) is 6.90. The second-order valence-corrected chi connectivity index (χ2v) is 5.96. The van der Waals surface area contributed by atoms with Gasteiger partial charge in [-0.05, 0) is 57.0 Å². The van der Waals surface area contributed by atoms with Crippen molar-refractivity contribution in [2.45, 2.75) is 32.7 Å². The molecule has 1 aromatic carbocycles. The normalized spacial score (nSPS) is 18.6. The predicted octanol–water partition coefficient (Wildman–Crippen LogP) is 2.97. The maximum atomic E-state index is 12.5. The van der Waals surface area contributed by atoms with E-state index >= 15 is 0 Å². The van der Waals surface area contributed by atoms with Crippen molar-refractivity contribution in [2.75, 3.05) is 19.6 Å². The Balaban J connectivity index is 2.08. The van der Waals surface area contributed by atoms with Crippen molar-refractivity contribution in [2.24, 2.45) is 0 Å². The Morgan fingerprint density at radius 1 is 1.53 bits per heavy atom. The van der Waals surface area contributed by atoms with Crippen LogP contribution >= 0.6 is 15.9 Å². The molecule has 1 aromatic rings. The highest BCUT2D eigenvalue weighted by Gasteiger charge is 2.21. The molecule has 0 aromatic heterocycles. The van der Waals surface area contributed by atoms with Crippen LogP contribution in [0, 0.1) is 6.92 Å². The van der Waals surface area contributed by atoms with Crippen molar-refractivity contribution in [1.29, 1.82) is 0 Å². The fourth-order valence-corrected chi connectivity index (χ4v) is 2.74. The molecule has 1 heterocycles. The number of amides is 1. The van der Waals surface area contributed by atoms with Gasteiger partial charge in [0.25, 0.3) is 5.91 Å². The molecular weight excluding hydrogens is 304 g/mol. The Morgan fingerprint density at radius 3 is 2.89 bits per heavy atom. The molecule has 3 nitrogen and oxygen atoms in total. The number of rotatable bonds is 4. The summed E-state index contributed by atoms with van der Waals surface area (Å²) in [7, 11) is 0. The average molecular weight is 325 g/mol. The minimum absolute atomic E-state index is 0.131. The SMILES string of the molecule is CCN(CC1CCCN1)C(=O)c1ccc(Br)c(C)c1. The molecule has 0 spiro atoms. The second-order valence-electron chi connectivity index (χ2n) is 5.10. The first-order chi connectivity index (χ1) is 9.11. The van der Waals surface area contributed by atoms with Crippen molar-refractivity contribution in [3.05, 3.63) is 33.8 Å². The number of aryl methyl sites for hydroxylation is 1. The van der Waals surface area contributed by atoms with Gasteiger partial charge < -0.3 is 10.2 Å². The minimum Gasteiger partial charge on any atom is -0.337 e. The Bertz CT molecular complexity index is 455. The summed E-state index contributed by atoms with van der Waals surface area (Å²) in [5.74, 6) is 0.131. The third-order valence-electron chi connectivity index (χ3n) is 3.68. The summed E-state index contributed by atoms with van der Waals surface area (Å²) in [4.78, 5) is 14.4. The van der Waals surface area contributed by atoms with Crippen molar-refractivity contribution >= 4 is 21.8 Å². The molecule has 1 unspecified atom stereocenters. The van der Waals surface area contributed by atoms with E-state index in [2.05, 4.69) is 21.2 Å². The molecule has 1 N–H and O–H groups in total. The van der Waals surface area contributed by atoms with Gasteiger partial charge in [-0.1, -0.05) is 15.9 Å². The van der Waals surface area contributed by atoms with E-state index in [9.17, 15) is 4.79 Å². The number of nitrogens with one attached hydrogen (secondary N) is 1. The van der Waals surface area contributed by atoms with Crippen LogP contribution in [0.25, 0.3) is 0 Å². The van der Waals surface area contributed by atoms with Crippen LogP contribution in [0.15, 0.2) is 22.7 Å². The van der Waals surface area contributed by atoms with E-state index in [0.29, 0.717) is 6.04 Å². The van der Waals surface area contributed by atoms with Gasteiger partial charge in [0.1, 0.15) is 0 Å². The number of hydrogen-bond acceptors (Lipinski definition) is 2. The van der Waals surface area contributed by atoms with Crippen molar-refractivity contribution in [1.82, 2.24) is 10.2 Å². The second kappa shape index (κ2) is 6.53. The van der Waals surface area contributed by atoms with Gasteiger partial charge in [-0.3, -0.25) is 4.79 Å². The number of benzene rings is 1. The summed E-state index contributed by atoms with van der Waals surface area (Å²) in [6.45, 7) is 6.69. The lowest BCUT2D eigenvalue weighted by Gasteiger charge is -2.24. The van der Waals surface area contributed by atoms with Crippen LogP contribution in [0.1, 0.15) is 35.7 Å². The van der Waals surface area contributed by atoms with E-state index in [-0.39, 0.29) is 5.91 Å². The Labute approximate surface area is 123 Å². The van der Waals surface area contributed by atoms with Crippen LogP contribution in [0.4, 0.5) is 0 Å². The summed E-state index contributed by atoms with van der Waals surface area (Å²) in [6.07, 6.45) is 2.39. The van der Waals surface area contributed by atoms with E-state index in [1.54, 1.807) is 0 Å². The Morgan fingerprint density at radius 2 is 2.32 bits per heavy atom. The average Bonchev–Trinajstić information content (AvgIpc) is 2.91. The Kier molecular flexibility index (Phi) is 4.99. The fourth-order valence-electron chi connectivity index (χ4n) is 2.49. The van der Waals surface area contributed by atoms with E-state index < -0.39 is 0 Å². The molecule has 2 rings (SSSR count). The first kappa shape index (κ1) is 14.5. The van der Waals surface area contributed by atoms with Gasteiger partial charge in [-0.25, -0.2) is 0 Å². The number of halogens is 1. The predicted molar refractivity (Wildman–Crippen MR) is 81.5 cm³/mol. The highest BCUT2D eigenvalue weighted by Crippen LogP contribution is 2.18. The topological polar surface area (TPSA) is 32.3 Å². The molecular formula is C15H21BrN2O. The lowest BCUT2D eigenvalue weighted by atomic mass is 10.1. The summed E-state index contributed by atoms with van der Waals surface area (Å²) in [6, 6.07) is 6.26. The largest absolute Gasteiger partial charge is 0.337 e. The van der Waals surface area contributed by atoms with Gasteiger partial charge in [0.2, 0.25) is 0 Å². The molecule has 1 saturated heterocycles.